The van der Waals surface area contributed by atoms with Crippen molar-refractivity contribution in [1.82, 2.24) is 20.2 Å². The van der Waals surface area contributed by atoms with Crippen molar-refractivity contribution in [2.75, 3.05) is 5.32 Å². The summed E-state index contributed by atoms with van der Waals surface area (Å²) < 4.78 is 1.72. The Morgan fingerprint density at radius 1 is 1.12 bits per heavy atom. The van der Waals surface area contributed by atoms with Crippen LogP contribution in [0, 0.1) is 37.0 Å². The van der Waals surface area contributed by atoms with Crippen molar-refractivity contribution in [3.8, 4) is 5.69 Å². The summed E-state index contributed by atoms with van der Waals surface area (Å²) >= 11 is 0. The van der Waals surface area contributed by atoms with Gasteiger partial charge in [0.15, 0.2) is 5.82 Å². The molecule has 1 amide bonds. The number of tetrazole rings is 1. The minimum atomic E-state index is -0.134. The van der Waals surface area contributed by atoms with Gasteiger partial charge in [0.25, 0.3) is 0 Å². The summed E-state index contributed by atoms with van der Waals surface area (Å²) in [6.07, 6.45) is 7.28. The van der Waals surface area contributed by atoms with Crippen molar-refractivity contribution < 1.29 is 4.79 Å². The number of nitrogens with zero attached hydrogens (tertiary/aromatic N) is 4. The van der Waals surface area contributed by atoms with Crippen LogP contribution in [0.25, 0.3) is 5.69 Å². The van der Waals surface area contributed by atoms with Crippen molar-refractivity contribution >= 4 is 11.6 Å². The fraction of sp³-hybridized carbons (Fsp3) is 0.600. The van der Waals surface area contributed by atoms with Gasteiger partial charge in [0.2, 0.25) is 5.91 Å². The fourth-order valence-corrected chi connectivity index (χ4v) is 6.02. The van der Waals surface area contributed by atoms with E-state index in [2.05, 4.69) is 20.8 Å². The molecule has 6 rings (SSSR count). The summed E-state index contributed by atoms with van der Waals surface area (Å²) in [5, 5.41) is 15.0. The number of hydrogen-bond acceptors (Lipinski definition) is 4. The number of carbonyl (C=O) groups excluding carboxylic acids is 1. The van der Waals surface area contributed by atoms with Crippen LogP contribution in [-0.2, 0) is 4.79 Å². The first-order chi connectivity index (χ1) is 12.5. The highest BCUT2D eigenvalue weighted by atomic mass is 16.2. The zero-order chi connectivity index (χ0) is 17.9. The molecule has 4 aliphatic rings. The first-order valence-electron chi connectivity index (χ1n) is 9.70. The van der Waals surface area contributed by atoms with Crippen molar-refractivity contribution in [2.24, 2.45) is 23.2 Å². The molecule has 6 nitrogen and oxygen atoms in total. The molecular weight excluding hydrogens is 326 g/mol. The Bertz CT molecular complexity index is 836. The molecule has 4 fully saturated rings. The molecule has 0 radical (unpaired) electrons. The molecule has 0 aliphatic heterocycles. The zero-order valence-electron chi connectivity index (χ0n) is 15.4. The third-order valence-corrected chi connectivity index (χ3v) is 6.84. The van der Waals surface area contributed by atoms with E-state index < -0.39 is 0 Å². The Kier molecular flexibility index (Phi) is 3.46. The van der Waals surface area contributed by atoms with Crippen LogP contribution in [0.5, 0.6) is 0 Å². The molecule has 1 heterocycles. The normalized spacial score (nSPS) is 32.0. The molecule has 4 aliphatic carbocycles. The molecule has 1 aromatic carbocycles. The lowest BCUT2D eigenvalue weighted by Crippen LogP contribution is -2.51. The number of carbonyl (C=O) groups is 1. The molecule has 136 valence electrons. The van der Waals surface area contributed by atoms with Crippen LogP contribution in [0.2, 0.25) is 0 Å². The number of rotatable bonds is 3. The standard InChI is InChI=1S/C20H25N5O/c1-12-3-4-17(8-18(12)25-13(2)22-23-24-25)21-19(26)20-9-14-5-15(10-20)7-16(6-14)11-20/h3-4,8,14-16H,5-7,9-11H2,1-2H3,(H,21,26). The SMILES string of the molecule is Cc1ccc(NC(=O)C23CC4CC(CC(C4)C2)C3)cc1-n1nnnc1C. The van der Waals surface area contributed by atoms with Crippen molar-refractivity contribution in [3.05, 3.63) is 29.6 Å². The quantitative estimate of drug-likeness (QED) is 0.919. The van der Waals surface area contributed by atoms with E-state index in [4.69, 9.17) is 0 Å². The van der Waals surface area contributed by atoms with Crippen molar-refractivity contribution in [2.45, 2.75) is 52.4 Å². The average molecular weight is 351 g/mol. The topological polar surface area (TPSA) is 72.7 Å². The third kappa shape index (κ3) is 2.46. The van der Waals surface area contributed by atoms with Gasteiger partial charge in [-0.25, -0.2) is 0 Å². The summed E-state index contributed by atoms with van der Waals surface area (Å²) in [6, 6.07) is 5.99. The molecule has 4 saturated carbocycles. The number of aromatic nitrogens is 4. The Labute approximate surface area is 153 Å². The number of hydrogen-bond donors (Lipinski definition) is 1. The Morgan fingerprint density at radius 3 is 2.35 bits per heavy atom. The van der Waals surface area contributed by atoms with Crippen LogP contribution in [-0.4, -0.2) is 26.1 Å². The van der Waals surface area contributed by atoms with Gasteiger partial charge in [0.05, 0.1) is 11.1 Å². The van der Waals surface area contributed by atoms with Gasteiger partial charge in [-0.2, -0.15) is 4.68 Å². The third-order valence-electron chi connectivity index (χ3n) is 6.84. The predicted octanol–water partition coefficient (Wildman–Crippen LogP) is 3.43. The maximum atomic E-state index is 13.3. The van der Waals surface area contributed by atoms with E-state index in [1.165, 1.54) is 19.3 Å². The van der Waals surface area contributed by atoms with Crippen molar-refractivity contribution in [1.29, 1.82) is 0 Å². The van der Waals surface area contributed by atoms with Crippen LogP contribution in [0.15, 0.2) is 18.2 Å². The number of anilines is 1. The maximum Gasteiger partial charge on any atom is 0.230 e. The number of benzene rings is 1. The van der Waals surface area contributed by atoms with E-state index >= 15 is 0 Å². The fourth-order valence-electron chi connectivity index (χ4n) is 6.02. The Morgan fingerprint density at radius 2 is 1.77 bits per heavy atom. The molecule has 4 bridgehead atoms. The smallest absolute Gasteiger partial charge is 0.230 e. The monoisotopic (exact) mass is 351 g/mol. The molecule has 1 aromatic heterocycles. The van der Waals surface area contributed by atoms with Gasteiger partial charge in [0.1, 0.15) is 0 Å². The second kappa shape index (κ2) is 5.63. The first kappa shape index (κ1) is 16.0. The maximum absolute atomic E-state index is 13.3. The van der Waals surface area contributed by atoms with E-state index in [0.29, 0.717) is 0 Å². The van der Waals surface area contributed by atoms with Gasteiger partial charge in [0, 0.05) is 5.69 Å². The molecule has 26 heavy (non-hydrogen) atoms. The summed E-state index contributed by atoms with van der Waals surface area (Å²) in [7, 11) is 0. The van der Waals surface area contributed by atoms with Crippen LogP contribution >= 0.6 is 0 Å². The van der Waals surface area contributed by atoms with Gasteiger partial charge in [-0.1, -0.05) is 6.07 Å². The van der Waals surface area contributed by atoms with Gasteiger partial charge >= 0.3 is 0 Å². The second-order valence-electron chi connectivity index (χ2n) is 8.79. The van der Waals surface area contributed by atoms with E-state index in [9.17, 15) is 4.79 Å². The van der Waals surface area contributed by atoms with Gasteiger partial charge in [-0.3, -0.25) is 4.79 Å². The summed E-state index contributed by atoms with van der Waals surface area (Å²) in [5.41, 5.74) is 2.69. The van der Waals surface area contributed by atoms with Gasteiger partial charge < -0.3 is 5.32 Å². The van der Waals surface area contributed by atoms with E-state index in [1.54, 1.807) is 4.68 Å². The molecule has 2 aromatic rings. The van der Waals surface area contributed by atoms with Gasteiger partial charge in [-0.15, -0.1) is 5.10 Å². The number of amides is 1. The minimum absolute atomic E-state index is 0.134. The van der Waals surface area contributed by atoms with Crippen molar-refractivity contribution in [3.63, 3.8) is 0 Å². The summed E-state index contributed by atoms with van der Waals surface area (Å²) in [4.78, 5) is 13.3. The van der Waals surface area contributed by atoms with E-state index in [-0.39, 0.29) is 11.3 Å². The predicted molar refractivity (Wildman–Crippen MR) is 97.9 cm³/mol. The highest BCUT2D eigenvalue weighted by molar-refractivity contribution is 5.96. The largest absolute Gasteiger partial charge is 0.326 e. The Hall–Kier alpha value is -2.24. The van der Waals surface area contributed by atoms with Crippen LogP contribution in [0.3, 0.4) is 0 Å². The lowest BCUT2D eigenvalue weighted by molar-refractivity contribution is -0.140. The molecule has 0 unspecified atom stereocenters. The second-order valence-corrected chi connectivity index (χ2v) is 8.79. The average Bonchev–Trinajstić information content (AvgIpc) is 3.01. The summed E-state index contributed by atoms with van der Waals surface area (Å²) in [6.45, 7) is 3.90. The summed E-state index contributed by atoms with van der Waals surface area (Å²) in [5.74, 6) is 3.26. The van der Waals surface area contributed by atoms with E-state index in [1.807, 2.05) is 32.0 Å². The highest BCUT2D eigenvalue weighted by Gasteiger charge is 2.54. The van der Waals surface area contributed by atoms with E-state index in [0.717, 1.165) is 59.8 Å². The van der Waals surface area contributed by atoms with Crippen LogP contribution in [0.4, 0.5) is 5.69 Å². The first-order valence-corrected chi connectivity index (χ1v) is 9.70. The highest BCUT2D eigenvalue weighted by Crippen LogP contribution is 2.60. The Balaban J connectivity index is 1.42. The van der Waals surface area contributed by atoms with Crippen LogP contribution < -0.4 is 5.32 Å². The number of nitrogens with one attached hydrogen (secondary N) is 1. The molecule has 0 atom stereocenters. The van der Waals surface area contributed by atoms with Crippen LogP contribution in [0.1, 0.15) is 49.9 Å². The lowest BCUT2D eigenvalue weighted by Gasteiger charge is -2.55. The molecule has 6 heteroatoms. The molecular formula is C20H25N5O. The molecule has 0 saturated heterocycles. The van der Waals surface area contributed by atoms with Gasteiger partial charge in [-0.05, 0) is 98.2 Å². The molecule has 1 N–H and O–H groups in total. The minimum Gasteiger partial charge on any atom is -0.326 e. The molecule has 0 spiro atoms. The number of aryl methyl sites for hydroxylation is 2. The lowest BCUT2D eigenvalue weighted by atomic mass is 9.49. The zero-order valence-corrected chi connectivity index (χ0v) is 15.4.